The maximum absolute atomic E-state index is 5.86. The summed E-state index contributed by atoms with van der Waals surface area (Å²) in [6.45, 7) is 4.89. The second kappa shape index (κ2) is 4.99. The molecule has 0 aliphatic heterocycles. The molecule has 0 spiro atoms. The van der Waals surface area contributed by atoms with Crippen LogP contribution in [0.5, 0.6) is 0 Å². The Bertz CT molecular complexity index is 502. The fourth-order valence-electron chi connectivity index (χ4n) is 1.80. The number of aromatic nitrogens is 3. The van der Waals surface area contributed by atoms with Crippen molar-refractivity contribution >= 4 is 5.95 Å². The molecule has 0 amide bonds. The number of hydrogen-bond acceptors (Lipinski definition) is 3. The molecule has 0 saturated carbocycles. The smallest absolute Gasteiger partial charge is 0.219 e. The van der Waals surface area contributed by atoms with Crippen LogP contribution in [0.25, 0.3) is 0 Å². The van der Waals surface area contributed by atoms with E-state index in [2.05, 4.69) is 36.1 Å². The van der Waals surface area contributed by atoms with Crippen molar-refractivity contribution in [3.63, 3.8) is 0 Å². The lowest BCUT2D eigenvalue weighted by atomic mass is 10.1. The first kappa shape index (κ1) is 11.6. The van der Waals surface area contributed by atoms with Gasteiger partial charge in [0.1, 0.15) is 0 Å². The summed E-state index contributed by atoms with van der Waals surface area (Å²) in [7, 11) is 0. The van der Waals surface area contributed by atoms with Crippen LogP contribution in [-0.4, -0.2) is 14.8 Å². The Kier molecular flexibility index (Phi) is 3.42. The number of hydrogen-bond donors (Lipinski definition) is 1. The van der Waals surface area contributed by atoms with Gasteiger partial charge in [-0.15, -0.1) is 0 Å². The Morgan fingerprint density at radius 3 is 2.76 bits per heavy atom. The molecule has 0 aliphatic carbocycles. The highest BCUT2D eigenvalue weighted by atomic mass is 15.4. The van der Waals surface area contributed by atoms with Crippen LogP contribution in [0.15, 0.2) is 24.3 Å². The van der Waals surface area contributed by atoms with E-state index in [4.69, 9.17) is 5.73 Å². The molecule has 1 aromatic carbocycles. The monoisotopic (exact) mass is 230 g/mol. The van der Waals surface area contributed by atoms with E-state index in [0.29, 0.717) is 12.5 Å². The predicted octanol–water partition coefficient (Wildman–Crippen LogP) is 2.17. The van der Waals surface area contributed by atoms with E-state index in [1.807, 2.05) is 12.1 Å². The highest BCUT2D eigenvalue weighted by Crippen LogP contribution is 2.11. The summed E-state index contributed by atoms with van der Waals surface area (Å²) >= 11 is 0. The van der Waals surface area contributed by atoms with Crippen molar-refractivity contribution in [1.29, 1.82) is 0 Å². The van der Waals surface area contributed by atoms with Gasteiger partial charge in [-0.1, -0.05) is 31.2 Å². The molecule has 2 aromatic rings. The van der Waals surface area contributed by atoms with Crippen molar-refractivity contribution in [3.8, 4) is 0 Å². The maximum atomic E-state index is 5.86. The molecule has 1 heterocycles. The minimum atomic E-state index is 0.497. The second-order valence-electron chi connectivity index (χ2n) is 4.22. The predicted molar refractivity (Wildman–Crippen MR) is 68.7 cm³/mol. The third-order valence-corrected chi connectivity index (χ3v) is 2.80. The molecule has 0 atom stereocenters. The van der Waals surface area contributed by atoms with E-state index in [0.717, 1.165) is 18.7 Å². The van der Waals surface area contributed by atoms with E-state index in [9.17, 15) is 0 Å². The van der Waals surface area contributed by atoms with Crippen LogP contribution in [0.1, 0.15) is 30.3 Å². The summed E-state index contributed by atoms with van der Waals surface area (Å²) in [5.41, 5.74) is 8.34. The molecule has 0 radical (unpaired) electrons. The lowest BCUT2D eigenvalue weighted by molar-refractivity contribution is 0.674. The molecule has 17 heavy (non-hydrogen) atoms. The zero-order valence-corrected chi connectivity index (χ0v) is 10.3. The molecule has 0 aliphatic rings. The Morgan fingerprint density at radius 2 is 2.06 bits per heavy atom. The number of benzene rings is 1. The van der Waals surface area contributed by atoms with Gasteiger partial charge in [0.2, 0.25) is 5.95 Å². The maximum Gasteiger partial charge on any atom is 0.219 e. The van der Waals surface area contributed by atoms with Crippen molar-refractivity contribution in [1.82, 2.24) is 14.8 Å². The van der Waals surface area contributed by atoms with Gasteiger partial charge in [-0.3, -0.25) is 0 Å². The highest BCUT2D eigenvalue weighted by Gasteiger charge is 2.07. The molecule has 0 unspecified atom stereocenters. The molecular formula is C13H18N4. The molecule has 0 bridgehead atoms. The van der Waals surface area contributed by atoms with Crippen LogP contribution in [0.4, 0.5) is 5.95 Å². The van der Waals surface area contributed by atoms with Crippen LogP contribution < -0.4 is 5.73 Å². The van der Waals surface area contributed by atoms with Crippen molar-refractivity contribution in [2.75, 3.05) is 5.73 Å². The Hall–Kier alpha value is -1.84. The average Bonchev–Trinajstić information content (AvgIpc) is 2.63. The number of anilines is 1. The summed E-state index contributed by atoms with van der Waals surface area (Å²) in [5, 5.41) is 4.42. The fraction of sp³-hybridized carbons (Fsp3) is 0.385. The van der Waals surface area contributed by atoms with Crippen LogP contribution in [0, 0.1) is 6.92 Å². The van der Waals surface area contributed by atoms with E-state index in [1.165, 1.54) is 11.1 Å². The molecular weight excluding hydrogens is 212 g/mol. The van der Waals surface area contributed by atoms with Crippen LogP contribution >= 0.6 is 0 Å². The second-order valence-corrected chi connectivity index (χ2v) is 4.22. The molecule has 0 fully saturated rings. The SMILES string of the molecule is CCCc1nc(N)n(Cc2ccccc2C)n1. The number of rotatable bonds is 4. The van der Waals surface area contributed by atoms with Crippen molar-refractivity contribution < 1.29 is 0 Å². The van der Waals surface area contributed by atoms with E-state index < -0.39 is 0 Å². The molecule has 90 valence electrons. The Morgan fingerprint density at radius 1 is 1.29 bits per heavy atom. The van der Waals surface area contributed by atoms with Gasteiger partial charge < -0.3 is 5.73 Å². The third kappa shape index (κ3) is 2.64. The normalized spacial score (nSPS) is 10.7. The molecule has 2 rings (SSSR count). The topological polar surface area (TPSA) is 56.7 Å². The van der Waals surface area contributed by atoms with Gasteiger partial charge >= 0.3 is 0 Å². The molecule has 0 saturated heterocycles. The molecule has 1 aromatic heterocycles. The number of nitrogens with zero attached hydrogens (tertiary/aromatic N) is 3. The quantitative estimate of drug-likeness (QED) is 0.875. The largest absolute Gasteiger partial charge is 0.368 e. The van der Waals surface area contributed by atoms with Crippen LogP contribution in [0.2, 0.25) is 0 Å². The Balaban J connectivity index is 2.21. The van der Waals surface area contributed by atoms with Gasteiger partial charge in [-0.2, -0.15) is 10.1 Å². The van der Waals surface area contributed by atoms with Gasteiger partial charge in [0, 0.05) is 6.42 Å². The summed E-state index contributed by atoms with van der Waals surface area (Å²) in [6.07, 6.45) is 1.92. The lowest BCUT2D eigenvalue weighted by Crippen LogP contribution is -2.07. The van der Waals surface area contributed by atoms with Crippen molar-refractivity contribution in [2.45, 2.75) is 33.2 Å². The number of aryl methyl sites for hydroxylation is 2. The van der Waals surface area contributed by atoms with Gasteiger partial charge in [0.25, 0.3) is 0 Å². The third-order valence-electron chi connectivity index (χ3n) is 2.80. The van der Waals surface area contributed by atoms with Crippen molar-refractivity contribution in [3.05, 3.63) is 41.2 Å². The van der Waals surface area contributed by atoms with E-state index in [-0.39, 0.29) is 0 Å². The Labute approximate surface area is 101 Å². The minimum absolute atomic E-state index is 0.497. The first-order chi connectivity index (χ1) is 8.20. The highest BCUT2D eigenvalue weighted by molar-refractivity contribution is 5.27. The summed E-state index contributed by atoms with van der Waals surface area (Å²) in [6, 6.07) is 8.25. The van der Waals surface area contributed by atoms with Crippen LogP contribution in [-0.2, 0) is 13.0 Å². The summed E-state index contributed by atoms with van der Waals surface area (Å²) in [4.78, 5) is 4.26. The first-order valence-electron chi connectivity index (χ1n) is 5.94. The number of nitrogens with two attached hydrogens (primary N) is 1. The molecule has 4 nitrogen and oxygen atoms in total. The lowest BCUT2D eigenvalue weighted by Gasteiger charge is -2.05. The molecule has 4 heteroatoms. The summed E-state index contributed by atoms with van der Waals surface area (Å²) in [5.74, 6) is 1.33. The van der Waals surface area contributed by atoms with Gasteiger partial charge in [0.15, 0.2) is 5.82 Å². The van der Waals surface area contributed by atoms with Gasteiger partial charge in [-0.05, 0) is 24.5 Å². The van der Waals surface area contributed by atoms with Gasteiger partial charge in [0.05, 0.1) is 6.54 Å². The zero-order valence-electron chi connectivity index (χ0n) is 10.3. The zero-order chi connectivity index (χ0) is 12.3. The minimum Gasteiger partial charge on any atom is -0.368 e. The standard InChI is InChI=1S/C13H18N4/c1-3-6-12-15-13(14)17(16-12)9-11-8-5-4-7-10(11)2/h4-5,7-8H,3,6,9H2,1-2H3,(H2,14,15,16). The molecule has 2 N–H and O–H groups in total. The first-order valence-corrected chi connectivity index (χ1v) is 5.94. The van der Waals surface area contributed by atoms with Crippen LogP contribution in [0.3, 0.4) is 0 Å². The fourth-order valence-corrected chi connectivity index (χ4v) is 1.80. The number of nitrogen functional groups attached to an aromatic ring is 1. The summed E-state index contributed by atoms with van der Waals surface area (Å²) < 4.78 is 1.77. The van der Waals surface area contributed by atoms with E-state index in [1.54, 1.807) is 4.68 Å². The van der Waals surface area contributed by atoms with Gasteiger partial charge in [-0.25, -0.2) is 4.68 Å². The van der Waals surface area contributed by atoms with E-state index >= 15 is 0 Å². The average molecular weight is 230 g/mol. The van der Waals surface area contributed by atoms with Crippen molar-refractivity contribution in [2.24, 2.45) is 0 Å².